The first-order chi connectivity index (χ1) is 12.8. The first-order valence-corrected chi connectivity index (χ1v) is 8.60. The smallest absolute Gasteiger partial charge is 0.290 e. The number of nitrogens with one attached hydrogen (secondary N) is 1. The minimum absolute atomic E-state index is 0.250. The van der Waals surface area contributed by atoms with E-state index in [1.807, 2.05) is 31.2 Å². The molecule has 1 fully saturated rings. The summed E-state index contributed by atoms with van der Waals surface area (Å²) >= 11 is 6.12. The van der Waals surface area contributed by atoms with E-state index in [1.165, 1.54) is 0 Å². The van der Waals surface area contributed by atoms with Crippen molar-refractivity contribution in [3.05, 3.63) is 58.6 Å². The van der Waals surface area contributed by atoms with Crippen LogP contribution in [0.2, 0.25) is 5.02 Å². The Labute approximate surface area is 162 Å². The van der Waals surface area contributed by atoms with Gasteiger partial charge >= 0.3 is 0 Å². The van der Waals surface area contributed by atoms with E-state index in [-0.39, 0.29) is 12.7 Å². The molecule has 0 bridgehead atoms. The number of halogens is 1. The molecule has 1 saturated heterocycles. The van der Waals surface area contributed by atoms with Gasteiger partial charge in [-0.2, -0.15) is 0 Å². The Balaban J connectivity index is 0.000000817. The molecule has 0 spiro atoms. The predicted octanol–water partition coefficient (Wildman–Crippen LogP) is 1.93. The molecule has 1 heterocycles. The average molecular weight is 392 g/mol. The Hall–Kier alpha value is -2.45. The molecular weight excluding hydrogens is 370 g/mol. The zero-order chi connectivity index (χ0) is 20.0. The van der Waals surface area contributed by atoms with Crippen molar-refractivity contribution in [1.82, 2.24) is 5.32 Å². The highest BCUT2D eigenvalue weighted by Crippen LogP contribution is 2.32. The van der Waals surface area contributed by atoms with Gasteiger partial charge in [-0.1, -0.05) is 29.8 Å². The summed E-state index contributed by atoms with van der Waals surface area (Å²) < 4.78 is 5.95. The second-order valence-corrected chi connectivity index (χ2v) is 6.73. The van der Waals surface area contributed by atoms with Crippen molar-refractivity contribution in [1.29, 1.82) is 0 Å². The fourth-order valence-corrected chi connectivity index (χ4v) is 3.20. The molecule has 3 rings (SSSR count). The number of carboxylic acid groups (broad SMARTS) is 1. The molecule has 0 radical (unpaired) electrons. The molecule has 8 heteroatoms. The summed E-state index contributed by atoms with van der Waals surface area (Å²) in [6.07, 6.45) is -0.347. The molecule has 2 atom stereocenters. The van der Waals surface area contributed by atoms with Crippen LogP contribution >= 0.6 is 11.6 Å². The summed E-state index contributed by atoms with van der Waals surface area (Å²) in [5.41, 5.74) is 13.9. The number of benzene rings is 2. The highest BCUT2D eigenvalue weighted by Gasteiger charge is 2.33. The molecule has 27 heavy (non-hydrogen) atoms. The van der Waals surface area contributed by atoms with Crippen LogP contribution in [0.25, 0.3) is 11.1 Å². The van der Waals surface area contributed by atoms with Gasteiger partial charge in [0.2, 0.25) is 5.91 Å². The number of rotatable bonds is 3. The minimum Gasteiger partial charge on any atom is -0.483 e. The van der Waals surface area contributed by atoms with Crippen molar-refractivity contribution in [2.24, 2.45) is 11.5 Å². The van der Waals surface area contributed by atoms with E-state index in [0.717, 1.165) is 16.7 Å². The monoisotopic (exact) mass is 391 g/mol. The molecule has 6 N–H and O–H groups in total. The van der Waals surface area contributed by atoms with Gasteiger partial charge in [-0.25, -0.2) is 0 Å². The van der Waals surface area contributed by atoms with E-state index in [4.69, 9.17) is 37.7 Å². The molecular formula is C19H22ClN3O4. The van der Waals surface area contributed by atoms with Gasteiger partial charge in [-0.15, -0.1) is 0 Å². The normalized spacial score (nSPS) is 21.7. The van der Waals surface area contributed by atoms with Crippen LogP contribution < -0.4 is 16.8 Å². The number of nitrogens with two attached hydrogens (primary N) is 2. The standard InChI is InChI=1S/C18H20ClN3O2.CH2O2/c1-18(10-22-9-16(20)24-18)14-4-2-3-11(6-14)12-5-13(17(21)23)8-15(19)7-12;2-1-3/h2-8,16,22H,9-10,20H2,1H3,(H2,21,23);1H,(H,2,3). The first-order valence-electron chi connectivity index (χ1n) is 8.22. The van der Waals surface area contributed by atoms with Crippen molar-refractivity contribution in [3.63, 3.8) is 0 Å². The number of morpholine rings is 1. The molecule has 2 aromatic rings. The van der Waals surface area contributed by atoms with E-state index in [9.17, 15) is 4.79 Å². The lowest BCUT2D eigenvalue weighted by molar-refractivity contribution is -0.122. The molecule has 0 saturated carbocycles. The van der Waals surface area contributed by atoms with Crippen molar-refractivity contribution in [2.75, 3.05) is 13.1 Å². The Morgan fingerprint density at radius 3 is 2.67 bits per heavy atom. The second-order valence-electron chi connectivity index (χ2n) is 6.30. The number of hydrogen-bond donors (Lipinski definition) is 4. The van der Waals surface area contributed by atoms with Gasteiger partial charge in [0.15, 0.2) is 0 Å². The summed E-state index contributed by atoms with van der Waals surface area (Å²) in [5, 5.41) is 10.6. The van der Waals surface area contributed by atoms with Crippen LogP contribution in [0.3, 0.4) is 0 Å². The minimum atomic E-state index is -0.515. The zero-order valence-electron chi connectivity index (χ0n) is 14.8. The van der Waals surface area contributed by atoms with E-state index in [2.05, 4.69) is 5.32 Å². The van der Waals surface area contributed by atoms with Crippen LogP contribution in [-0.4, -0.2) is 36.8 Å². The number of carbonyl (C=O) groups is 2. The predicted molar refractivity (Wildman–Crippen MR) is 103 cm³/mol. The molecule has 7 nitrogen and oxygen atoms in total. The van der Waals surface area contributed by atoms with Crippen LogP contribution in [0.15, 0.2) is 42.5 Å². The number of carbonyl (C=O) groups excluding carboxylic acids is 1. The van der Waals surface area contributed by atoms with Gasteiger partial charge in [-0.05, 0) is 47.9 Å². The fraction of sp³-hybridized carbons (Fsp3) is 0.263. The summed E-state index contributed by atoms with van der Waals surface area (Å²) in [6.45, 7) is 3.06. The second kappa shape index (κ2) is 8.96. The van der Waals surface area contributed by atoms with Crippen molar-refractivity contribution >= 4 is 24.0 Å². The Bertz CT molecular complexity index is 830. The molecule has 1 aliphatic heterocycles. The highest BCUT2D eigenvalue weighted by molar-refractivity contribution is 6.31. The van der Waals surface area contributed by atoms with Gasteiger partial charge in [0.1, 0.15) is 11.8 Å². The molecule has 0 aromatic heterocycles. The molecule has 0 aliphatic carbocycles. The Kier molecular flexibility index (Phi) is 6.92. The van der Waals surface area contributed by atoms with Crippen molar-refractivity contribution in [2.45, 2.75) is 18.8 Å². The third-order valence-electron chi connectivity index (χ3n) is 4.21. The fourth-order valence-electron chi connectivity index (χ4n) is 2.97. The van der Waals surface area contributed by atoms with Crippen LogP contribution in [0.1, 0.15) is 22.8 Å². The molecule has 144 valence electrons. The molecule has 2 aromatic carbocycles. The van der Waals surface area contributed by atoms with Crippen LogP contribution in [0.4, 0.5) is 0 Å². The molecule has 1 amide bonds. The third kappa shape index (κ3) is 5.27. The van der Waals surface area contributed by atoms with Crippen LogP contribution in [0.5, 0.6) is 0 Å². The quantitative estimate of drug-likeness (QED) is 0.592. The Morgan fingerprint density at radius 1 is 1.33 bits per heavy atom. The largest absolute Gasteiger partial charge is 0.483 e. The van der Waals surface area contributed by atoms with Crippen LogP contribution in [0, 0.1) is 0 Å². The van der Waals surface area contributed by atoms with Crippen molar-refractivity contribution in [3.8, 4) is 11.1 Å². The lowest BCUT2D eigenvalue weighted by Crippen LogP contribution is -2.53. The maximum absolute atomic E-state index is 11.5. The zero-order valence-corrected chi connectivity index (χ0v) is 15.6. The first kappa shape index (κ1) is 20.9. The van der Waals surface area contributed by atoms with Gasteiger partial charge in [0, 0.05) is 23.7 Å². The average Bonchev–Trinajstić information content (AvgIpc) is 2.62. The lowest BCUT2D eigenvalue weighted by Gasteiger charge is -2.38. The number of hydrogen-bond acceptors (Lipinski definition) is 5. The number of ether oxygens (including phenoxy) is 1. The number of primary amides is 1. The highest BCUT2D eigenvalue weighted by atomic mass is 35.5. The summed E-state index contributed by atoms with van der Waals surface area (Å²) in [5.74, 6) is -0.507. The summed E-state index contributed by atoms with van der Waals surface area (Å²) in [4.78, 5) is 19.8. The van der Waals surface area contributed by atoms with E-state index in [0.29, 0.717) is 23.7 Å². The van der Waals surface area contributed by atoms with E-state index < -0.39 is 11.5 Å². The maximum Gasteiger partial charge on any atom is 0.290 e. The van der Waals surface area contributed by atoms with Gasteiger partial charge in [-0.3, -0.25) is 9.59 Å². The summed E-state index contributed by atoms with van der Waals surface area (Å²) in [6, 6.07) is 13.0. The third-order valence-corrected chi connectivity index (χ3v) is 4.43. The van der Waals surface area contributed by atoms with E-state index in [1.54, 1.807) is 18.2 Å². The molecule has 2 unspecified atom stereocenters. The van der Waals surface area contributed by atoms with Crippen molar-refractivity contribution < 1.29 is 19.4 Å². The van der Waals surface area contributed by atoms with Crippen LogP contribution in [-0.2, 0) is 15.1 Å². The summed E-state index contributed by atoms with van der Waals surface area (Å²) in [7, 11) is 0. The topological polar surface area (TPSA) is 128 Å². The lowest BCUT2D eigenvalue weighted by atomic mass is 9.91. The maximum atomic E-state index is 11.5. The number of amides is 1. The van der Waals surface area contributed by atoms with Gasteiger partial charge < -0.3 is 26.6 Å². The van der Waals surface area contributed by atoms with Gasteiger partial charge in [0.25, 0.3) is 6.47 Å². The van der Waals surface area contributed by atoms with Gasteiger partial charge in [0.05, 0.1) is 0 Å². The SMILES string of the molecule is CC1(c2cccc(-c3cc(Cl)cc(C(N)=O)c3)c2)CNCC(N)O1.O=CO. The Morgan fingerprint density at radius 2 is 2.04 bits per heavy atom. The van der Waals surface area contributed by atoms with E-state index >= 15 is 0 Å². The molecule has 1 aliphatic rings.